The van der Waals surface area contributed by atoms with Crippen LogP contribution in [0.4, 0.5) is 11.8 Å². The molecule has 1 saturated carbocycles. The van der Waals surface area contributed by atoms with Gasteiger partial charge in [-0.3, -0.25) is 4.57 Å². The maximum absolute atomic E-state index is 9.87. The lowest BCUT2D eigenvalue weighted by Crippen LogP contribution is -2.47. The number of rotatable bonds is 6. The van der Waals surface area contributed by atoms with Crippen molar-refractivity contribution in [1.82, 2.24) is 14.5 Å². The molecule has 1 aliphatic carbocycles. The van der Waals surface area contributed by atoms with Crippen molar-refractivity contribution in [3.8, 4) is 17.5 Å². The molecular formula is C27H38N6O2Si. The molecule has 2 atom stereocenters. The fourth-order valence-electron chi connectivity index (χ4n) is 4.83. The summed E-state index contributed by atoms with van der Waals surface area (Å²) in [4.78, 5) is 9.46. The van der Waals surface area contributed by atoms with Gasteiger partial charge < -0.3 is 20.2 Å². The van der Waals surface area contributed by atoms with Gasteiger partial charge in [0.1, 0.15) is 23.2 Å². The highest BCUT2D eigenvalue weighted by molar-refractivity contribution is 6.74. The quantitative estimate of drug-likeness (QED) is 0.403. The van der Waals surface area contributed by atoms with Crippen molar-refractivity contribution in [1.29, 1.82) is 5.26 Å². The minimum absolute atomic E-state index is 0.125. The lowest BCUT2D eigenvalue weighted by molar-refractivity contribution is 0.177. The van der Waals surface area contributed by atoms with Gasteiger partial charge in [-0.2, -0.15) is 10.2 Å². The highest BCUT2D eigenvalue weighted by atomic mass is 28.4. The van der Waals surface area contributed by atoms with Crippen molar-refractivity contribution in [2.24, 2.45) is 0 Å². The van der Waals surface area contributed by atoms with E-state index in [1.165, 1.54) is 0 Å². The highest BCUT2D eigenvalue weighted by Gasteiger charge is 2.42. The second-order valence-corrected chi connectivity index (χ2v) is 16.1. The molecule has 3 N–H and O–H groups in total. The van der Waals surface area contributed by atoms with Crippen LogP contribution >= 0.6 is 0 Å². The van der Waals surface area contributed by atoms with Gasteiger partial charge in [0, 0.05) is 11.8 Å². The number of nitriles is 1. The molecule has 0 amide bonds. The number of aryl methyl sites for hydroxylation is 1. The van der Waals surface area contributed by atoms with Crippen molar-refractivity contribution >= 4 is 31.1 Å². The molecule has 0 unspecified atom stereocenters. The minimum Gasteiger partial charge on any atom is -0.496 e. The molecule has 9 heteroatoms. The molecular weight excluding hydrogens is 468 g/mol. The van der Waals surface area contributed by atoms with Crippen molar-refractivity contribution in [2.45, 2.75) is 84.2 Å². The van der Waals surface area contributed by atoms with E-state index in [0.29, 0.717) is 28.4 Å². The average Bonchev–Trinajstić information content (AvgIpc) is 3.34. The summed E-state index contributed by atoms with van der Waals surface area (Å²) in [5.41, 5.74) is 10.3. The highest BCUT2D eigenvalue weighted by Crippen LogP contribution is 2.40. The van der Waals surface area contributed by atoms with Crippen LogP contribution in [-0.4, -0.2) is 42.1 Å². The third kappa shape index (κ3) is 4.44. The van der Waals surface area contributed by atoms with E-state index in [-0.39, 0.29) is 17.2 Å². The fourth-order valence-corrected chi connectivity index (χ4v) is 6.22. The zero-order valence-corrected chi connectivity index (χ0v) is 23.7. The van der Waals surface area contributed by atoms with E-state index in [1.54, 1.807) is 13.3 Å². The Hall–Kier alpha value is -3.09. The van der Waals surface area contributed by atoms with Crippen molar-refractivity contribution in [3.05, 3.63) is 35.0 Å². The molecule has 0 radical (unpaired) electrons. The number of nitrogens with one attached hydrogen (secondary N) is 1. The second kappa shape index (κ2) is 9.41. The number of aromatic nitrogens is 3. The van der Waals surface area contributed by atoms with Gasteiger partial charge in [-0.1, -0.05) is 26.8 Å². The van der Waals surface area contributed by atoms with Crippen LogP contribution in [-0.2, 0) is 4.43 Å². The van der Waals surface area contributed by atoms with Crippen LogP contribution in [0.5, 0.6) is 5.75 Å². The number of ether oxygens (including phenoxy) is 1. The lowest BCUT2D eigenvalue weighted by atomic mass is 10.1. The third-order valence-corrected chi connectivity index (χ3v) is 12.4. The second-order valence-electron chi connectivity index (χ2n) is 11.3. The number of fused-ring (bicyclic) bond motifs is 1. The molecule has 1 aromatic carbocycles. The summed E-state index contributed by atoms with van der Waals surface area (Å²) in [6.45, 7) is 15.4. The van der Waals surface area contributed by atoms with E-state index in [0.717, 1.165) is 41.8 Å². The zero-order chi connectivity index (χ0) is 26.4. The number of hydrogen-bond donors (Lipinski definition) is 2. The first-order chi connectivity index (χ1) is 16.9. The van der Waals surface area contributed by atoms with Gasteiger partial charge in [-0.25, -0.2) is 4.98 Å². The van der Waals surface area contributed by atoms with Gasteiger partial charge in [-0.05, 0) is 62.9 Å². The summed E-state index contributed by atoms with van der Waals surface area (Å²) in [6.07, 6.45) is 4.94. The van der Waals surface area contributed by atoms with Crippen molar-refractivity contribution in [3.63, 3.8) is 0 Å². The number of nitrogens with zero attached hydrogens (tertiary/aromatic N) is 4. The van der Waals surface area contributed by atoms with Crippen molar-refractivity contribution < 1.29 is 9.16 Å². The van der Waals surface area contributed by atoms with Crippen molar-refractivity contribution in [2.75, 3.05) is 18.2 Å². The number of nitrogens with two attached hydrogens (primary N) is 1. The first-order valence-electron chi connectivity index (χ1n) is 12.6. The Morgan fingerprint density at radius 3 is 2.58 bits per heavy atom. The van der Waals surface area contributed by atoms with Gasteiger partial charge >= 0.3 is 0 Å². The van der Waals surface area contributed by atoms with E-state index in [1.807, 2.05) is 30.5 Å². The molecule has 0 bridgehead atoms. The number of methoxy groups -OCH3 is 1. The summed E-state index contributed by atoms with van der Waals surface area (Å²) in [7, 11) is -0.260. The fraction of sp³-hybridized carbons (Fsp3) is 0.519. The Bertz CT molecular complexity index is 1330. The molecule has 36 heavy (non-hydrogen) atoms. The smallest absolute Gasteiger partial charge is 0.224 e. The molecule has 192 valence electrons. The van der Waals surface area contributed by atoms with Gasteiger partial charge in [0.2, 0.25) is 5.95 Å². The molecule has 0 aliphatic heterocycles. The van der Waals surface area contributed by atoms with Crippen LogP contribution in [0.1, 0.15) is 56.7 Å². The molecule has 8 nitrogen and oxygen atoms in total. The van der Waals surface area contributed by atoms with E-state index < -0.39 is 8.32 Å². The molecule has 3 aromatic rings. The van der Waals surface area contributed by atoms with Crippen LogP contribution in [0.15, 0.2) is 18.3 Å². The number of anilines is 2. The number of nitrogen functional groups attached to an aromatic ring is 1. The monoisotopic (exact) mass is 506 g/mol. The predicted molar refractivity (Wildman–Crippen MR) is 147 cm³/mol. The molecule has 4 rings (SSSR count). The van der Waals surface area contributed by atoms with Crippen LogP contribution in [0.25, 0.3) is 16.7 Å². The first kappa shape index (κ1) is 26.0. The Morgan fingerprint density at radius 1 is 1.22 bits per heavy atom. The van der Waals surface area contributed by atoms with Gasteiger partial charge in [0.05, 0.1) is 30.3 Å². The molecule has 1 aliphatic rings. The Labute approximate surface area is 215 Å². The normalized spacial score (nSPS) is 18.4. The topological polar surface area (TPSA) is 111 Å². The number of hydrogen-bond acceptors (Lipinski definition) is 7. The number of benzene rings is 1. The zero-order valence-electron chi connectivity index (χ0n) is 22.7. The van der Waals surface area contributed by atoms with E-state index >= 15 is 0 Å². The minimum atomic E-state index is -1.91. The third-order valence-electron chi connectivity index (χ3n) is 7.90. The van der Waals surface area contributed by atoms with Crippen LogP contribution < -0.4 is 15.8 Å². The first-order valence-corrected chi connectivity index (χ1v) is 15.5. The molecule has 0 saturated heterocycles. The Morgan fingerprint density at radius 2 is 1.94 bits per heavy atom. The van der Waals surface area contributed by atoms with E-state index in [9.17, 15) is 5.26 Å². The molecule has 2 aromatic heterocycles. The Kier molecular flexibility index (Phi) is 6.79. The molecule has 2 heterocycles. The van der Waals surface area contributed by atoms with E-state index in [2.05, 4.69) is 50.2 Å². The van der Waals surface area contributed by atoms with Crippen LogP contribution in [0.3, 0.4) is 0 Å². The SMILES string of the molecule is COc1ccc(C)c(-n2c(N)c(C#N)c3cnc(N[C@H]4CCC[C@@H]4O[Si](C)(C)C(C)(C)C)nc32)c1C. The summed E-state index contributed by atoms with van der Waals surface area (Å²) in [5.74, 6) is 1.61. The van der Waals surface area contributed by atoms with Crippen LogP contribution in [0.2, 0.25) is 18.1 Å². The Balaban J connectivity index is 1.76. The van der Waals surface area contributed by atoms with Gasteiger partial charge in [0.15, 0.2) is 14.0 Å². The van der Waals surface area contributed by atoms with Gasteiger partial charge in [0.25, 0.3) is 0 Å². The molecule has 0 spiro atoms. The largest absolute Gasteiger partial charge is 0.496 e. The maximum Gasteiger partial charge on any atom is 0.224 e. The van der Waals surface area contributed by atoms with Gasteiger partial charge in [-0.15, -0.1) is 0 Å². The summed E-state index contributed by atoms with van der Waals surface area (Å²) in [5, 5.41) is 14.2. The standard InChI is InChI=1S/C27H38N6O2Si/c1-16-12-13-21(34-6)17(2)23(16)33-24(29)18(14-28)19-15-30-26(32-25(19)33)31-20-10-9-11-22(20)35-36(7,8)27(3,4)5/h12-13,15,20,22H,9-11,29H2,1-8H3,(H,30,31,32)/t20-,22-/m0/s1. The maximum atomic E-state index is 9.87. The lowest BCUT2D eigenvalue weighted by Gasteiger charge is -2.40. The predicted octanol–water partition coefficient (Wildman–Crippen LogP) is 5.85. The summed E-state index contributed by atoms with van der Waals surface area (Å²) in [6, 6.07) is 6.30. The average molecular weight is 507 g/mol. The molecule has 1 fully saturated rings. The summed E-state index contributed by atoms with van der Waals surface area (Å²) < 4.78 is 14.2. The van der Waals surface area contributed by atoms with Crippen LogP contribution in [0, 0.1) is 25.2 Å². The summed E-state index contributed by atoms with van der Waals surface area (Å²) >= 11 is 0. The van der Waals surface area contributed by atoms with E-state index in [4.69, 9.17) is 19.9 Å².